The number of anilines is 1. The Morgan fingerprint density at radius 2 is 1.58 bits per heavy atom. The Hall–Kier alpha value is -1.80. The predicted octanol–water partition coefficient (Wildman–Crippen LogP) is 4.41. The topological polar surface area (TPSA) is 92.3 Å². The molecule has 0 aliphatic heterocycles. The first kappa shape index (κ1) is 23.9. The molecule has 3 rings (SSSR count). The van der Waals surface area contributed by atoms with Gasteiger partial charge >= 0.3 is 11.8 Å². The highest BCUT2D eigenvalue weighted by atomic mass is 35.5. The number of nitrogens with one attached hydrogen (secondary N) is 2. The van der Waals surface area contributed by atoms with Crippen molar-refractivity contribution in [2.45, 2.75) is 37.0 Å². The molecule has 0 bridgehead atoms. The van der Waals surface area contributed by atoms with E-state index in [-0.39, 0.29) is 11.4 Å². The lowest BCUT2D eigenvalue weighted by Crippen LogP contribution is -2.57. The molecule has 0 saturated heterocycles. The predicted molar refractivity (Wildman–Crippen MR) is 124 cm³/mol. The van der Waals surface area contributed by atoms with Crippen molar-refractivity contribution in [2.24, 2.45) is 0 Å². The van der Waals surface area contributed by atoms with Crippen molar-refractivity contribution in [3.63, 3.8) is 0 Å². The van der Waals surface area contributed by atoms with Crippen LogP contribution in [0.5, 0.6) is 0 Å². The number of halogens is 3. The molecule has 0 aromatic heterocycles. The molecule has 1 aliphatic carbocycles. The van der Waals surface area contributed by atoms with E-state index < -0.39 is 27.2 Å². The van der Waals surface area contributed by atoms with E-state index >= 15 is 0 Å². The van der Waals surface area contributed by atoms with E-state index in [0.29, 0.717) is 39.9 Å². The van der Waals surface area contributed by atoms with Gasteiger partial charge in [-0.2, -0.15) is 0 Å². The number of benzene rings is 2. The number of amides is 2. The van der Waals surface area contributed by atoms with Crippen molar-refractivity contribution in [3.05, 3.63) is 62.6 Å². The molecule has 10 heteroatoms. The van der Waals surface area contributed by atoms with Crippen molar-refractivity contribution in [3.8, 4) is 0 Å². The van der Waals surface area contributed by atoms with Gasteiger partial charge in [0.2, 0.25) is 0 Å². The van der Waals surface area contributed by atoms with Crippen LogP contribution in [0, 0.1) is 0 Å². The summed E-state index contributed by atoms with van der Waals surface area (Å²) in [6.07, 6.45) is 3.89. The molecular weight excluding hydrogens is 483 g/mol. The molecule has 0 heterocycles. The van der Waals surface area contributed by atoms with Crippen LogP contribution in [0.1, 0.15) is 30.4 Å². The summed E-state index contributed by atoms with van der Waals surface area (Å²) in [6, 6.07) is 9.62. The van der Waals surface area contributed by atoms with E-state index in [4.69, 9.17) is 34.8 Å². The molecule has 0 atom stereocenters. The molecule has 1 fully saturated rings. The fourth-order valence-electron chi connectivity index (χ4n) is 3.53. The Balaban J connectivity index is 1.73. The maximum Gasteiger partial charge on any atom is 0.313 e. The third kappa shape index (κ3) is 6.35. The molecule has 2 aromatic rings. The van der Waals surface area contributed by atoms with Crippen molar-refractivity contribution in [2.75, 3.05) is 11.6 Å². The molecule has 31 heavy (non-hydrogen) atoms. The van der Waals surface area contributed by atoms with E-state index in [2.05, 4.69) is 10.6 Å². The maximum atomic E-state index is 12.6. The van der Waals surface area contributed by atoms with Gasteiger partial charge in [0, 0.05) is 32.5 Å². The summed E-state index contributed by atoms with van der Waals surface area (Å²) in [7, 11) is -3.35. The highest BCUT2D eigenvalue weighted by Crippen LogP contribution is 2.37. The van der Waals surface area contributed by atoms with Crippen LogP contribution in [0.2, 0.25) is 15.1 Å². The second-order valence-corrected chi connectivity index (χ2v) is 11.2. The third-order valence-corrected chi connectivity index (χ3v) is 6.83. The molecule has 0 unspecified atom stereocenters. The SMILES string of the molecule is CS(=O)(=O)Cc1ccc(Cl)cc1NC(=O)C(=O)NC1(Cc2ccc(Cl)cc2Cl)CCC1. The van der Waals surface area contributed by atoms with E-state index in [1.807, 2.05) is 0 Å². The molecule has 1 saturated carbocycles. The average Bonchev–Trinajstić information content (AvgIpc) is 2.63. The van der Waals surface area contributed by atoms with Gasteiger partial charge in [0.05, 0.1) is 5.75 Å². The second-order valence-electron chi connectivity index (χ2n) is 7.83. The molecule has 0 spiro atoms. The maximum absolute atomic E-state index is 12.6. The van der Waals surface area contributed by atoms with Crippen LogP contribution in [0.3, 0.4) is 0 Å². The number of carbonyl (C=O) groups excluding carboxylic acids is 2. The lowest BCUT2D eigenvalue weighted by molar-refractivity contribution is -0.138. The monoisotopic (exact) mass is 502 g/mol. The first-order valence-corrected chi connectivity index (χ1v) is 12.7. The van der Waals surface area contributed by atoms with Crippen LogP contribution in [0.4, 0.5) is 5.69 Å². The fraction of sp³-hybridized carbons (Fsp3) is 0.333. The Morgan fingerprint density at radius 3 is 2.13 bits per heavy atom. The van der Waals surface area contributed by atoms with Gasteiger partial charge in [-0.1, -0.05) is 46.9 Å². The van der Waals surface area contributed by atoms with Crippen LogP contribution in [-0.4, -0.2) is 32.0 Å². The summed E-state index contributed by atoms with van der Waals surface area (Å²) in [5.74, 6) is -2.00. The van der Waals surface area contributed by atoms with Crippen LogP contribution in [0.25, 0.3) is 0 Å². The summed E-state index contributed by atoms with van der Waals surface area (Å²) in [5.41, 5.74) is 0.785. The van der Waals surface area contributed by atoms with E-state index in [0.717, 1.165) is 18.2 Å². The van der Waals surface area contributed by atoms with Crippen LogP contribution >= 0.6 is 34.8 Å². The lowest BCUT2D eigenvalue weighted by Gasteiger charge is -2.42. The quantitative estimate of drug-likeness (QED) is 0.571. The molecule has 6 nitrogen and oxygen atoms in total. The Bertz CT molecular complexity index is 1130. The summed E-state index contributed by atoms with van der Waals surface area (Å²) in [5, 5.41) is 6.64. The zero-order valence-corrected chi connectivity index (χ0v) is 19.8. The van der Waals surface area contributed by atoms with Gasteiger partial charge in [0.25, 0.3) is 0 Å². The number of sulfone groups is 1. The van der Waals surface area contributed by atoms with Gasteiger partial charge in [0.1, 0.15) is 0 Å². The van der Waals surface area contributed by atoms with Crippen LogP contribution in [0.15, 0.2) is 36.4 Å². The normalized spacial score (nSPS) is 15.1. The van der Waals surface area contributed by atoms with Gasteiger partial charge in [-0.25, -0.2) is 8.42 Å². The van der Waals surface area contributed by atoms with Crippen molar-refractivity contribution >= 4 is 62.1 Å². The zero-order chi connectivity index (χ0) is 22.8. The molecule has 2 N–H and O–H groups in total. The van der Waals surface area contributed by atoms with E-state index in [9.17, 15) is 18.0 Å². The fourth-order valence-corrected chi connectivity index (χ4v) is 4.99. The number of rotatable bonds is 6. The van der Waals surface area contributed by atoms with Crippen molar-refractivity contribution < 1.29 is 18.0 Å². The Labute approximate surface area is 196 Å². The molecule has 1 aliphatic rings. The van der Waals surface area contributed by atoms with E-state index in [1.165, 1.54) is 18.2 Å². The van der Waals surface area contributed by atoms with Crippen molar-refractivity contribution in [1.82, 2.24) is 5.32 Å². The third-order valence-electron chi connectivity index (χ3n) is 5.18. The summed E-state index contributed by atoms with van der Waals surface area (Å²) < 4.78 is 23.3. The number of carbonyl (C=O) groups is 2. The first-order chi connectivity index (χ1) is 14.5. The molecule has 0 radical (unpaired) electrons. The molecule has 166 valence electrons. The lowest BCUT2D eigenvalue weighted by atomic mass is 9.72. The Morgan fingerprint density at radius 1 is 0.968 bits per heavy atom. The number of hydrogen-bond donors (Lipinski definition) is 2. The summed E-state index contributed by atoms with van der Waals surface area (Å²) in [6.45, 7) is 0. The first-order valence-electron chi connectivity index (χ1n) is 9.50. The highest BCUT2D eigenvalue weighted by Gasteiger charge is 2.40. The minimum absolute atomic E-state index is 0.182. The number of hydrogen-bond acceptors (Lipinski definition) is 4. The smallest absolute Gasteiger partial charge is 0.313 e. The summed E-state index contributed by atoms with van der Waals surface area (Å²) >= 11 is 18.2. The molecule has 2 aromatic carbocycles. The Kier molecular flexibility index (Phi) is 7.21. The molecular formula is C21H21Cl3N2O4S. The standard InChI is InChI=1S/C21H21Cl3N2O4S/c1-31(29,30)12-14-4-6-16(23)10-18(14)25-19(27)20(28)26-21(7-2-8-21)11-13-3-5-15(22)9-17(13)24/h3-6,9-10H,2,7-8,11-12H2,1H3,(H,25,27)(H,26,28). The van der Waals surface area contributed by atoms with Gasteiger partial charge in [-0.15, -0.1) is 0 Å². The largest absolute Gasteiger partial charge is 0.342 e. The van der Waals surface area contributed by atoms with E-state index in [1.54, 1.807) is 18.2 Å². The van der Waals surface area contributed by atoms with Gasteiger partial charge in [-0.3, -0.25) is 9.59 Å². The second kappa shape index (κ2) is 9.36. The van der Waals surface area contributed by atoms with Gasteiger partial charge in [-0.05, 0) is 61.1 Å². The minimum Gasteiger partial charge on any atom is -0.342 e. The van der Waals surface area contributed by atoms with Crippen LogP contribution in [-0.2, 0) is 31.6 Å². The zero-order valence-electron chi connectivity index (χ0n) is 16.7. The van der Waals surface area contributed by atoms with Crippen LogP contribution < -0.4 is 10.6 Å². The van der Waals surface area contributed by atoms with Crippen molar-refractivity contribution in [1.29, 1.82) is 0 Å². The minimum atomic E-state index is -3.35. The molecule has 2 amide bonds. The van der Waals surface area contributed by atoms with Gasteiger partial charge < -0.3 is 10.6 Å². The highest BCUT2D eigenvalue weighted by molar-refractivity contribution is 7.89. The average molecular weight is 504 g/mol. The van der Waals surface area contributed by atoms with Gasteiger partial charge in [0.15, 0.2) is 9.84 Å². The summed E-state index contributed by atoms with van der Waals surface area (Å²) in [4.78, 5) is 25.2.